The maximum Gasteiger partial charge on any atom is 0.123 e. The van der Waals surface area contributed by atoms with Crippen LogP contribution in [0.1, 0.15) is 29.9 Å². The quantitative estimate of drug-likeness (QED) is 0.439. The minimum atomic E-state index is -0.325. The Morgan fingerprint density at radius 3 is 2.75 bits per heavy atom. The Hall–Kier alpha value is -1.92. The van der Waals surface area contributed by atoms with Crippen molar-refractivity contribution in [3.05, 3.63) is 47.0 Å². The standard InChI is InChI=1S/C14H20FN5/c1-3-10-7-11(20(2)19-10)8-14(18-17)12-6-9(15)4-5-13(12)16/h4-7,14,18H,3,8,16-17H2,1-2H3. The molecule has 0 bridgehead atoms. The molecule has 0 aliphatic rings. The third kappa shape index (κ3) is 2.97. The smallest absolute Gasteiger partial charge is 0.123 e. The van der Waals surface area contributed by atoms with Gasteiger partial charge in [0.25, 0.3) is 0 Å². The van der Waals surface area contributed by atoms with E-state index in [-0.39, 0.29) is 11.9 Å². The molecule has 0 aliphatic carbocycles. The summed E-state index contributed by atoms with van der Waals surface area (Å²) >= 11 is 0. The molecule has 6 heteroatoms. The number of halogens is 1. The average Bonchev–Trinajstić information content (AvgIpc) is 2.79. The number of nitrogen functional groups attached to an aromatic ring is 1. The molecule has 0 radical (unpaired) electrons. The van der Waals surface area contributed by atoms with Gasteiger partial charge in [-0.25, -0.2) is 4.39 Å². The van der Waals surface area contributed by atoms with Gasteiger partial charge in [-0.1, -0.05) is 6.92 Å². The fraction of sp³-hybridized carbons (Fsp3) is 0.357. The number of hydrogen-bond donors (Lipinski definition) is 3. The van der Waals surface area contributed by atoms with Crippen LogP contribution < -0.4 is 17.0 Å². The number of benzene rings is 1. The van der Waals surface area contributed by atoms with Gasteiger partial charge in [-0.05, 0) is 36.2 Å². The second kappa shape index (κ2) is 6.02. The zero-order chi connectivity index (χ0) is 14.7. The molecule has 1 atom stereocenters. The molecule has 0 amide bonds. The molecule has 5 N–H and O–H groups in total. The van der Waals surface area contributed by atoms with Gasteiger partial charge in [0.1, 0.15) is 5.82 Å². The summed E-state index contributed by atoms with van der Waals surface area (Å²) in [5.74, 6) is 5.28. The average molecular weight is 277 g/mol. The van der Waals surface area contributed by atoms with Crippen LogP contribution in [0.3, 0.4) is 0 Å². The van der Waals surface area contributed by atoms with Crippen LogP contribution in [-0.4, -0.2) is 9.78 Å². The highest BCUT2D eigenvalue weighted by molar-refractivity contribution is 5.48. The van der Waals surface area contributed by atoms with E-state index >= 15 is 0 Å². The number of nitrogens with zero attached hydrogens (tertiary/aromatic N) is 2. The van der Waals surface area contributed by atoms with Crippen molar-refractivity contribution in [1.29, 1.82) is 0 Å². The highest BCUT2D eigenvalue weighted by atomic mass is 19.1. The molecule has 0 fully saturated rings. The van der Waals surface area contributed by atoms with Gasteiger partial charge < -0.3 is 5.73 Å². The molecule has 2 rings (SSSR count). The Balaban J connectivity index is 2.28. The SMILES string of the molecule is CCc1cc(CC(NN)c2cc(F)ccc2N)n(C)n1. The van der Waals surface area contributed by atoms with E-state index in [4.69, 9.17) is 11.6 Å². The fourth-order valence-corrected chi connectivity index (χ4v) is 2.25. The molecule has 0 saturated heterocycles. The van der Waals surface area contributed by atoms with Crippen molar-refractivity contribution in [2.45, 2.75) is 25.8 Å². The zero-order valence-corrected chi connectivity index (χ0v) is 11.7. The van der Waals surface area contributed by atoms with Crippen molar-refractivity contribution in [2.75, 3.05) is 5.73 Å². The lowest BCUT2D eigenvalue weighted by Gasteiger charge is -2.18. The number of anilines is 1. The molecule has 5 nitrogen and oxygen atoms in total. The van der Waals surface area contributed by atoms with Crippen LogP contribution in [0.25, 0.3) is 0 Å². The number of nitrogens with one attached hydrogen (secondary N) is 1. The van der Waals surface area contributed by atoms with E-state index in [1.807, 2.05) is 17.8 Å². The normalized spacial score (nSPS) is 12.6. The van der Waals surface area contributed by atoms with Crippen LogP contribution >= 0.6 is 0 Å². The summed E-state index contributed by atoms with van der Waals surface area (Å²) in [5.41, 5.74) is 11.8. The molecule has 1 heterocycles. The number of nitrogens with two attached hydrogens (primary N) is 2. The Morgan fingerprint density at radius 2 is 2.15 bits per heavy atom. The van der Waals surface area contributed by atoms with Crippen molar-refractivity contribution >= 4 is 5.69 Å². The van der Waals surface area contributed by atoms with E-state index in [0.717, 1.165) is 17.8 Å². The summed E-state index contributed by atoms with van der Waals surface area (Å²) in [4.78, 5) is 0. The molecule has 1 unspecified atom stereocenters. The molecule has 0 saturated carbocycles. The number of aryl methyl sites for hydroxylation is 2. The van der Waals surface area contributed by atoms with E-state index in [0.29, 0.717) is 17.7 Å². The van der Waals surface area contributed by atoms with E-state index in [1.54, 1.807) is 6.07 Å². The first-order valence-electron chi connectivity index (χ1n) is 6.58. The second-order valence-corrected chi connectivity index (χ2v) is 4.80. The predicted octanol–water partition coefficient (Wildman–Crippen LogP) is 1.45. The zero-order valence-electron chi connectivity index (χ0n) is 11.7. The Kier molecular flexibility index (Phi) is 4.36. The van der Waals surface area contributed by atoms with E-state index in [2.05, 4.69) is 17.4 Å². The van der Waals surface area contributed by atoms with Crippen LogP contribution in [0.15, 0.2) is 24.3 Å². The van der Waals surface area contributed by atoms with Gasteiger partial charge in [0.2, 0.25) is 0 Å². The predicted molar refractivity (Wildman–Crippen MR) is 77.2 cm³/mol. The Labute approximate surface area is 117 Å². The van der Waals surface area contributed by atoms with E-state index in [9.17, 15) is 4.39 Å². The number of aromatic nitrogens is 2. The Morgan fingerprint density at radius 1 is 1.40 bits per heavy atom. The summed E-state index contributed by atoms with van der Waals surface area (Å²) in [6, 6.07) is 6.07. The molecule has 0 spiro atoms. The molecular formula is C14H20FN5. The highest BCUT2D eigenvalue weighted by Crippen LogP contribution is 2.24. The van der Waals surface area contributed by atoms with Gasteiger partial charge >= 0.3 is 0 Å². The highest BCUT2D eigenvalue weighted by Gasteiger charge is 2.17. The minimum absolute atomic E-state index is 0.259. The number of hydrazine groups is 1. The summed E-state index contributed by atoms with van der Waals surface area (Å²) < 4.78 is 15.2. The lowest BCUT2D eigenvalue weighted by Crippen LogP contribution is -2.30. The van der Waals surface area contributed by atoms with Crippen LogP contribution in [0.4, 0.5) is 10.1 Å². The van der Waals surface area contributed by atoms with E-state index < -0.39 is 0 Å². The molecular weight excluding hydrogens is 257 g/mol. The lowest BCUT2D eigenvalue weighted by atomic mass is 10.0. The van der Waals surface area contributed by atoms with Gasteiger partial charge in [-0.15, -0.1) is 0 Å². The topological polar surface area (TPSA) is 81.9 Å². The second-order valence-electron chi connectivity index (χ2n) is 4.80. The molecule has 1 aromatic carbocycles. The summed E-state index contributed by atoms with van der Waals surface area (Å²) in [6.45, 7) is 2.05. The van der Waals surface area contributed by atoms with Crippen LogP contribution in [0, 0.1) is 5.82 Å². The number of hydrogen-bond acceptors (Lipinski definition) is 4. The van der Waals surface area contributed by atoms with Gasteiger partial charge in [0.15, 0.2) is 0 Å². The summed E-state index contributed by atoms with van der Waals surface area (Å²) in [7, 11) is 1.89. The van der Waals surface area contributed by atoms with Crippen LogP contribution in [-0.2, 0) is 19.9 Å². The third-order valence-electron chi connectivity index (χ3n) is 3.43. The first kappa shape index (κ1) is 14.5. The fourth-order valence-electron chi connectivity index (χ4n) is 2.25. The van der Waals surface area contributed by atoms with Crippen molar-refractivity contribution in [1.82, 2.24) is 15.2 Å². The maximum atomic E-state index is 13.4. The van der Waals surface area contributed by atoms with Gasteiger partial charge in [-0.3, -0.25) is 16.0 Å². The molecule has 0 aliphatic heterocycles. The van der Waals surface area contributed by atoms with Crippen LogP contribution in [0.5, 0.6) is 0 Å². The van der Waals surface area contributed by atoms with Crippen molar-refractivity contribution < 1.29 is 4.39 Å². The number of rotatable bonds is 5. The van der Waals surface area contributed by atoms with E-state index in [1.165, 1.54) is 12.1 Å². The Bertz CT molecular complexity index is 593. The van der Waals surface area contributed by atoms with Crippen molar-refractivity contribution in [2.24, 2.45) is 12.9 Å². The molecule has 2 aromatic rings. The molecule has 1 aromatic heterocycles. The summed E-state index contributed by atoms with van der Waals surface area (Å²) in [5, 5.41) is 4.39. The van der Waals surface area contributed by atoms with Gasteiger partial charge in [0, 0.05) is 24.8 Å². The minimum Gasteiger partial charge on any atom is -0.398 e. The maximum absolute atomic E-state index is 13.4. The molecule has 108 valence electrons. The summed E-state index contributed by atoms with van der Waals surface area (Å²) in [6.07, 6.45) is 1.46. The largest absolute Gasteiger partial charge is 0.398 e. The first-order valence-corrected chi connectivity index (χ1v) is 6.58. The third-order valence-corrected chi connectivity index (χ3v) is 3.43. The first-order chi connectivity index (χ1) is 9.55. The van der Waals surface area contributed by atoms with Crippen molar-refractivity contribution in [3.8, 4) is 0 Å². The van der Waals surface area contributed by atoms with Gasteiger partial charge in [0.05, 0.1) is 11.7 Å². The monoisotopic (exact) mass is 277 g/mol. The van der Waals surface area contributed by atoms with Gasteiger partial charge in [-0.2, -0.15) is 5.10 Å². The molecule has 20 heavy (non-hydrogen) atoms. The lowest BCUT2D eigenvalue weighted by molar-refractivity contribution is 0.526. The van der Waals surface area contributed by atoms with Crippen LogP contribution in [0.2, 0.25) is 0 Å². The van der Waals surface area contributed by atoms with Crippen molar-refractivity contribution in [3.63, 3.8) is 0 Å².